The van der Waals surface area contributed by atoms with Crippen LogP contribution in [0, 0.1) is 0 Å². The lowest BCUT2D eigenvalue weighted by Gasteiger charge is -2.23. The molecule has 0 spiro atoms. The number of hydrogen-bond acceptors (Lipinski definition) is 4. The van der Waals surface area contributed by atoms with E-state index in [1.54, 1.807) is 6.08 Å². The summed E-state index contributed by atoms with van der Waals surface area (Å²) in [6, 6.07) is 5.81. The van der Waals surface area contributed by atoms with E-state index in [4.69, 9.17) is 4.74 Å². The van der Waals surface area contributed by atoms with Crippen LogP contribution < -0.4 is 5.32 Å². The van der Waals surface area contributed by atoms with Gasteiger partial charge in [0.05, 0.1) is 17.3 Å². The van der Waals surface area contributed by atoms with Gasteiger partial charge in [0, 0.05) is 37.5 Å². The first kappa shape index (κ1) is 21.7. The number of rotatable bonds is 5. The molecule has 1 fully saturated rings. The largest absolute Gasteiger partial charge is 0.381 e. The standard InChI is InChI=1S/C20H26N4O2.C2H6/c1-5-17(14(2)23(3)4)20(25)22-16-9-10-18-15(12-16)13-21-24(18)19-8-6-7-11-26-19;1-2/h5,9-10,12-13,19H,1,6-8,11H2,2-4H3,(H,22,25);1-2H3/b17-14+;. The van der Waals surface area contributed by atoms with Crippen molar-refractivity contribution >= 4 is 22.5 Å². The molecule has 2 heterocycles. The Morgan fingerprint density at radius 1 is 1.36 bits per heavy atom. The molecule has 6 heteroatoms. The summed E-state index contributed by atoms with van der Waals surface area (Å²) >= 11 is 0. The van der Waals surface area contributed by atoms with Crippen LogP contribution in [0.1, 0.15) is 46.3 Å². The zero-order valence-electron chi connectivity index (χ0n) is 17.7. The predicted octanol–water partition coefficient (Wildman–Crippen LogP) is 4.72. The molecular formula is C22H32N4O2. The van der Waals surface area contributed by atoms with Crippen LogP contribution in [0.5, 0.6) is 0 Å². The van der Waals surface area contributed by atoms with E-state index in [-0.39, 0.29) is 12.1 Å². The van der Waals surface area contributed by atoms with Crippen LogP contribution in [0.15, 0.2) is 48.3 Å². The van der Waals surface area contributed by atoms with Gasteiger partial charge in [-0.05, 0) is 44.4 Å². The minimum Gasteiger partial charge on any atom is -0.381 e. The van der Waals surface area contributed by atoms with Crippen molar-refractivity contribution in [2.24, 2.45) is 0 Å². The minimum atomic E-state index is -0.173. The molecule has 1 saturated heterocycles. The smallest absolute Gasteiger partial charge is 0.257 e. The van der Waals surface area contributed by atoms with Crippen molar-refractivity contribution < 1.29 is 9.53 Å². The molecule has 2 aromatic rings. The second-order valence-electron chi connectivity index (χ2n) is 6.74. The lowest BCUT2D eigenvalue weighted by Crippen LogP contribution is -2.20. The highest BCUT2D eigenvalue weighted by molar-refractivity contribution is 6.06. The second-order valence-corrected chi connectivity index (χ2v) is 6.74. The van der Waals surface area contributed by atoms with Crippen molar-refractivity contribution in [1.29, 1.82) is 0 Å². The third-order valence-corrected chi connectivity index (χ3v) is 4.79. The van der Waals surface area contributed by atoms with Gasteiger partial charge in [-0.1, -0.05) is 26.5 Å². The number of carbonyl (C=O) groups is 1. The van der Waals surface area contributed by atoms with Crippen LogP contribution in [0.4, 0.5) is 5.69 Å². The van der Waals surface area contributed by atoms with Crippen LogP contribution in [-0.2, 0) is 9.53 Å². The van der Waals surface area contributed by atoms with Crippen LogP contribution in [0.2, 0.25) is 0 Å². The van der Waals surface area contributed by atoms with Gasteiger partial charge in [0.1, 0.15) is 0 Å². The molecule has 28 heavy (non-hydrogen) atoms. The number of amides is 1. The molecule has 0 saturated carbocycles. The predicted molar refractivity (Wildman–Crippen MR) is 115 cm³/mol. The first-order valence-corrected chi connectivity index (χ1v) is 9.92. The average Bonchev–Trinajstić information content (AvgIpc) is 3.13. The highest BCUT2D eigenvalue weighted by Crippen LogP contribution is 2.27. The van der Waals surface area contributed by atoms with Gasteiger partial charge < -0.3 is 15.0 Å². The molecule has 1 aliphatic heterocycles. The number of nitrogens with zero attached hydrogens (tertiary/aromatic N) is 3. The van der Waals surface area contributed by atoms with E-state index in [0.717, 1.165) is 48.2 Å². The number of allylic oxidation sites excluding steroid dienone is 1. The fraction of sp³-hybridized carbons (Fsp3) is 0.455. The molecule has 152 valence electrons. The highest BCUT2D eigenvalue weighted by atomic mass is 16.5. The topological polar surface area (TPSA) is 59.4 Å². The molecule has 1 aliphatic rings. The molecular weight excluding hydrogens is 352 g/mol. The van der Waals surface area contributed by atoms with Gasteiger partial charge in [-0.2, -0.15) is 5.10 Å². The number of fused-ring (bicyclic) bond motifs is 1. The third-order valence-electron chi connectivity index (χ3n) is 4.79. The maximum absolute atomic E-state index is 12.6. The Morgan fingerprint density at radius 2 is 2.11 bits per heavy atom. The Balaban J connectivity index is 0.00000136. The Kier molecular flexibility index (Phi) is 7.81. The maximum atomic E-state index is 12.6. The van der Waals surface area contributed by atoms with Crippen molar-refractivity contribution in [2.45, 2.75) is 46.3 Å². The van der Waals surface area contributed by atoms with Crippen molar-refractivity contribution in [2.75, 3.05) is 26.0 Å². The minimum absolute atomic E-state index is 0.000246. The molecule has 1 aromatic carbocycles. The van der Waals surface area contributed by atoms with E-state index >= 15 is 0 Å². The number of nitrogens with one attached hydrogen (secondary N) is 1. The number of hydrogen-bond donors (Lipinski definition) is 1. The maximum Gasteiger partial charge on any atom is 0.257 e. The van der Waals surface area contributed by atoms with Gasteiger partial charge in [-0.25, -0.2) is 4.68 Å². The van der Waals surface area contributed by atoms with Gasteiger partial charge in [-0.3, -0.25) is 4.79 Å². The summed E-state index contributed by atoms with van der Waals surface area (Å²) in [5.41, 5.74) is 3.17. The Hall–Kier alpha value is -2.60. The first-order valence-electron chi connectivity index (χ1n) is 9.92. The molecule has 0 radical (unpaired) electrons. The van der Waals surface area contributed by atoms with E-state index in [2.05, 4.69) is 17.0 Å². The summed E-state index contributed by atoms with van der Waals surface area (Å²) in [6.45, 7) is 10.4. The molecule has 1 N–H and O–H groups in total. The molecule has 1 aromatic heterocycles. The number of ether oxygens (including phenoxy) is 1. The Bertz CT molecular complexity index is 845. The van der Waals surface area contributed by atoms with E-state index in [9.17, 15) is 4.79 Å². The zero-order chi connectivity index (χ0) is 20.7. The zero-order valence-corrected chi connectivity index (χ0v) is 17.7. The first-order chi connectivity index (χ1) is 13.5. The van der Waals surface area contributed by atoms with Gasteiger partial charge in [0.15, 0.2) is 6.23 Å². The fourth-order valence-electron chi connectivity index (χ4n) is 3.12. The van der Waals surface area contributed by atoms with Crippen LogP contribution >= 0.6 is 0 Å². The Morgan fingerprint density at radius 3 is 2.71 bits per heavy atom. The summed E-state index contributed by atoms with van der Waals surface area (Å²) in [6.07, 6.45) is 6.64. The van der Waals surface area contributed by atoms with Crippen molar-refractivity contribution in [3.63, 3.8) is 0 Å². The van der Waals surface area contributed by atoms with Gasteiger partial charge in [-0.15, -0.1) is 0 Å². The van der Waals surface area contributed by atoms with Crippen LogP contribution in [-0.4, -0.2) is 41.3 Å². The van der Waals surface area contributed by atoms with Crippen molar-refractivity contribution in [1.82, 2.24) is 14.7 Å². The van der Waals surface area contributed by atoms with Crippen molar-refractivity contribution in [3.8, 4) is 0 Å². The molecule has 1 amide bonds. The lowest BCUT2D eigenvalue weighted by atomic mass is 10.1. The molecule has 6 nitrogen and oxygen atoms in total. The summed E-state index contributed by atoms with van der Waals surface area (Å²) in [4.78, 5) is 14.5. The number of benzene rings is 1. The number of anilines is 1. The van der Waals surface area contributed by atoms with E-state index in [1.165, 1.54) is 0 Å². The Labute approximate surface area is 167 Å². The molecule has 1 unspecified atom stereocenters. The summed E-state index contributed by atoms with van der Waals surface area (Å²) in [7, 11) is 3.81. The molecule has 0 aliphatic carbocycles. The fourth-order valence-corrected chi connectivity index (χ4v) is 3.12. The molecule has 0 bridgehead atoms. The number of aromatic nitrogens is 2. The van der Waals surface area contributed by atoms with Gasteiger partial charge >= 0.3 is 0 Å². The highest BCUT2D eigenvalue weighted by Gasteiger charge is 2.19. The van der Waals surface area contributed by atoms with Crippen LogP contribution in [0.25, 0.3) is 10.9 Å². The van der Waals surface area contributed by atoms with Gasteiger partial charge in [0.2, 0.25) is 0 Å². The van der Waals surface area contributed by atoms with E-state index in [1.807, 2.05) is 68.8 Å². The summed E-state index contributed by atoms with van der Waals surface area (Å²) < 4.78 is 7.76. The lowest BCUT2D eigenvalue weighted by molar-refractivity contribution is -0.112. The quantitative estimate of drug-likeness (QED) is 0.598. The van der Waals surface area contributed by atoms with Gasteiger partial charge in [0.25, 0.3) is 5.91 Å². The SMILES string of the molecule is C=C/C(C(=O)Nc1ccc2c(cnn2C2CCCCO2)c1)=C(/C)N(C)C.CC. The van der Waals surface area contributed by atoms with E-state index in [0.29, 0.717) is 5.57 Å². The molecule has 3 rings (SSSR count). The summed E-state index contributed by atoms with van der Waals surface area (Å²) in [5.74, 6) is -0.173. The molecule has 1 atom stereocenters. The van der Waals surface area contributed by atoms with E-state index < -0.39 is 0 Å². The third kappa shape index (κ3) is 4.81. The average molecular weight is 385 g/mol. The second kappa shape index (κ2) is 10.1. The number of carbonyl (C=O) groups excluding carboxylic acids is 1. The normalized spacial score (nSPS) is 17.2. The summed E-state index contributed by atoms with van der Waals surface area (Å²) in [5, 5.41) is 8.41. The van der Waals surface area contributed by atoms with Crippen LogP contribution in [0.3, 0.4) is 0 Å². The monoisotopic (exact) mass is 384 g/mol. The van der Waals surface area contributed by atoms with Crippen molar-refractivity contribution in [3.05, 3.63) is 48.3 Å².